The second kappa shape index (κ2) is 6.61. The molecule has 23 heavy (non-hydrogen) atoms. The van der Waals surface area contributed by atoms with Gasteiger partial charge in [-0.15, -0.1) is 10.2 Å². The number of nitrogens with two attached hydrogens (primary N) is 2. The summed E-state index contributed by atoms with van der Waals surface area (Å²) >= 11 is 1.62. The van der Waals surface area contributed by atoms with Crippen molar-refractivity contribution in [2.45, 2.75) is 18.5 Å². The minimum atomic E-state index is 0.0985. The molecule has 0 bridgehead atoms. The van der Waals surface area contributed by atoms with E-state index in [0.717, 1.165) is 22.4 Å². The first-order valence-corrected chi connectivity index (χ1v) is 8.04. The van der Waals surface area contributed by atoms with Crippen LogP contribution in [-0.4, -0.2) is 35.5 Å². The average molecular weight is 328 g/mol. The summed E-state index contributed by atoms with van der Waals surface area (Å²) in [5, 5.41) is 9.36. The fourth-order valence-electron chi connectivity index (χ4n) is 2.15. The van der Waals surface area contributed by atoms with Crippen molar-refractivity contribution in [1.82, 2.24) is 29.7 Å². The molecule has 0 unspecified atom stereocenters. The maximum absolute atomic E-state index is 5.63. The summed E-state index contributed by atoms with van der Waals surface area (Å²) in [4.78, 5) is 12.0. The predicted molar refractivity (Wildman–Crippen MR) is 89.2 cm³/mol. The maximum Gasteiger partial charge on any atom is 0.225 e. The van der Waals surface area contributed by atoms with Gasteiger partial charge in [-0.1, -0.05) is 36.9 Å². The van der Waals surface area contributed by atoms with Gasteiger partial charge in [0.1, 0.15) is 11.6 Å². The summed E-state index contributed by atoms with van der Waals surface area (Å²) in [6, 6.07) is 9.91. The highest BCUT2D eigenvalue weighted by molar-refractivity contribution is 7.99. The zero-order chi connectivity index (χ0) is 16.2. The van der Waals surface area contributed by atoms with Crippen molar-refractivity contribution in [3.05, 3.63) is 42.0 Å². The SMILES string of the molecule is CCSc1nnc(Cc2nc(N)nc(N)n2)n1-c1ccccc1. The topological polar surface area (TPSA) is 121 Å². The van der Waals surface area contributed by atoms with Crippen LogP contribution in [0.15, 0.2) is 35.5 Å². The van der Waals surface area contributed by atoms with Crippen molar-refractivity contribution in [2.75, 3.05) is 17.2 Å². The molecule has 0 atom stereocenters. The number of nitrogens with zero attached hydrogens (tertiary/aromatic N) is 6. The maximum atomic E-state index is 5.63. The molecule has 0 saturated carbocycles. The first kappa shape index (κ1) is 15.2. The largest absolute Gasteiger partial charge is 0.368 e. The summed E-state index contributed by atoms with van der Waals surface area (Å²) in [6.07, 6.45) is 0.364. The van der Waals surface area contributed by atoms with Crippen LogP contribution in [0.3, 0.4) is 0 Å². The molecule has 0 aliphatic heterocycles. The highest BCUT2D eigenvalue weighted by Gasteiger charge is 2.16. The molecule has 3 aromatic rings. The van der Waals surface area contributed by atoms with E-state index in [0.29, 0.717) is 12.2 Å². The van der Waals surface area contributed by atoms with E-state index in [1.165, 1.54) is 0 Å². The normalized spacial score (nSPS) is 10.8. The lowest BCUT2D eigenvalue weighted by Crippen LogP contribution is -2.10. The fourth-order valence-corrected chi connectivity index (χ4v) is 2.85. The number of thioether (sulfide) groups is 1. The number of benzene rings is 1. The van der Waals surface area contributed by atoms with Crippen LogP contribution in [0.25, 0.3) is 5.69 Å². The predicted octanol–water partition coefficient (Wildman–Crippen LogP) is 1.32. The Hall–Kier alpha value is -2.68. The Labute approximate surface area is 137 Å². The molecule has 4 N–H and O–H groups in total. The van der Waals surface area contributed by atoms with Crippen LogP contribution in [0, 0.1) is 0 Å². The minimum Gasteiger partial charge on any atom is -0.368 e. The number of para-hydroxylation sites is 1. The Morgan fingerprint density at radius 1 is 1.00 bits per heavy atom. The molecule has 0 saturated heterocycles. The number of anilines is 2. The lowest BCUT2D eigenvalue weighted by atomic mass is 10.3. The highest BCUT2D eigenvalue weighted by Crippen LogP contribution is 2.22. The first-order chi connectivity index (χ1) is 11.2. The van der Waals surface area contributed by atoms with Crippen molar-refractivity contribution in [1.29, 1.82) is 0 Å². The molecule has 0 radical (unpaired) electrons. The Balaban J connectivity index is 2.02. The third-order valence-electron chi connectivity index (χ3n) is 3.02. The molecule has 2 heterocycles. The summed E-state index contributed by atoms with van der Waals surface area (Å²) in [6.45, 7) is 2.07. The quantitative estimate of drug-likeness (QED) is 0.672. The van der Waals surface area contributed by atoms with Crippen LogP contribution in [0.4, 0.5) is 11.9 Å². The van der Waals surface area contributed by atoms with E-state index in [9.17, 15) is 0 Å². The first-order valence-electron chi connectivity index (χ1n) is 7.05. The lowest BCUT2D eigenvalue weighted by Gasteiger charge is -2.09. The van der Waals surface area contributed by atoms with E-state index in [-0.39, 0.29) is 11.9 Å². The summed E-state index contributed by atoms with van der Waals surface area (Å²) < 4.78 is 1.99. The number of rotatable bonds is 5. The molecule has 0 amide bonds. The minimum absolute atomic E-state index is 0.0985. The second-order valence-electron chi connectivity index (χ2n) is 4.65. The van der Waals surface area contributed by atoms with Gasteiger partial charge in [0.15, 0.2) is 5.16 Å². The Morgan fingerprint density at radius 2 is 1.70 bits per heavy atom. The van der Waals surface area contributed by atoms with Crippen LogP contribution < -0.4 is 11.5 Å². The number of hydrogen-bond donors (Lipinski definition) is 2. The van der Waals surface area contributed by atoms with Crippen LogP contribution >= 0.6 is 11.8 Å². The fraction of sp³-hybridized carbons (Fsp3) is 0.214. The van der Waals surface area contributed by atoms with Crippen LogP contribution in [0.1, 0.15) is 18.6 Å². The van der Waals surface area contributed by atoms with E-state index in [1.54, 1.807) is 11.8 Å². The van der Waals surface area contributed by atoms with Crippen molar-refractivity contribution >= 4 is 23.7 Å². The van der Waals surface area contributed by atoms with Gasteiger partial charge in [-0.25, -0.2) is 0 Å². The summed E-state index contributed by atoms with van der Waals surface area (Å²) in [5.41, 5.74) is 12.2. The summed E-state index contributed by atoms with van der Waals surface area (Å²) in [7, 11) is 0. The Bertz CT molecular complexity index is 782. The number of nitrogen functional groups attached to an aromatic ring is 2. The molecule has 8 nitrogen and oxygen atoms in total. The molecule has 0 aliphatic rings. The molecule has 0 aliphatic carbocycles. The molecule has 0 fully saturated rings. The average Bonchev–Trinajstić information content (AvgIpc) is 2.90. The van der Waals surface area contributed by atoms with E-state index in [2.05, 4.69) is 32.1 Å². The van der Waals surface area contributed by atoms with Crippen molar-refractivity contribution < 1.29 is 0 Å². The van der Waals surface area contributed by atoms with Crippen LogP contribution in [0.2, 0.25) is 0 Å². The standard InChI is InChI=1S/C14H16N8S/c1-2-23-14-21-20-11(22(14)9-6-4-3-5-7-9)8-10-17-12(15)19-13(16)18-10/h3-7H,2,8H2,1H3,(H4,15,16,17,18,19). The Kier molecular flexibility index (Phi) is 4.38. The van der Waals surface area contributed by atoms with Crippen molar-refractivity contribution in [2.24, 2.45) is 0 Å². The third-order valence-corrected chi connectivity index (χ3v) is 3.83. The van der Waals surface area contributed by atoms with E-state index >= 15 is 0 Å². The van der Waals surface area contributed by atoms with Gasteiger partial charge < -0.3 is 11.5 Å². The van der Waals surface area contributed by atoms with Gasteiger partial charge in [-0.05, 0) is 17.9 Å². The van der Waals surface area contributed by atoms with Gasteiger partial charge in [-0.2, -0.15) is 15.0 Å². The second-order valence-corrected chi connectivity index (χ2v) is 5.88. The zero-order valence-corrected chi connectivity index (χ0v) is 13.4. The van der Waals surface area contributed by atoms with Crippen molar-refractivity contribution in [3.63, 3.8) is 0 Å². The van der Waals surface area contributed by atoms with Gasteiger partial charge in [0.2, 0.25) is 11.9 Å². The van der Waals surface area contributed by atoms with E-state index in [1.807, 2.05) is 34.9 Å². The number of aromatic nitrogens is 6. The zero-order valence-electron chi connectivity index (χ0n) is 12.5. The molecular weight excluding hydrogens is 312 g/mol. The number of hydrogen-bond acceptors (Lipinski definition) is 8. The van der Waals surface area contributed by atoms with Gasteiger partial charge in [0.25, 0.3) is 0 Å². The van der Waals surface area contributed by atoms with Crippen LogP contribution in [0.5, 0.6) is 0 Å². The van der Waals surface area contributed by atoms with Gasteiger partial charge >= 0.3 is 0 Å². The molecule has 0 spiro atoms. The molecule has 118 valence electrons. The third kappa shape index (κ3) is 3.39. The van der Waals surface area contributed by atoms with Gasteiger partial charge in [0.05, 0.1) is 6.42 Å². The van der Waals surface area contributed by atoms with Gasteiger partial charge in [0, 0.05) is 5.69 Å². The monoisotopic (exact) mass is 328 g/mol. The Morgan fingerprint density at radius 3 is 2.35 bits per heavy atom. The molecule has 1 aromatic carbocycles. The highest BCUT2D eigenvalue weighted by atomic mass is 32.2. The molecular formula is C14H16N8S. The lowest BCUT2D eigenvalue weighted by molar-refractivity contribution is 0.818. The van der Waals surface area contributed by atoms with E-state index < -0.39 is 0 Å². The molecule has 9 heteroatoms. The summed E-state index contributed by atoms with van der Waals surface area (Å²) in [5.74, 6) is 2.28. The molecule has 3 rings (SSSR count). The smallest absolute Gasteiger partial charge is 0.225 e. The van der Waals surface area contributed by atoms with Crippen LogP contribution in [-0.2, 0) is 6.42 Å². The van der Waals surface area contributed by atoms with E-state index in [4.69, 9.17) is 11.5 Å². The van der Waals surface area contributed by atoms with Crippen molar-refractivity contribution in [3.8, 4) is 5.69 Å². The molecule has 2 aromatic heterocycles. The van der Waals surface area contributed by atoms with Gasteiger partial charge in [-0.3, -0.25) is 4.57 Å².